The van der Waals surface area contributed by atoms with Crippen LogP contribution in [0.1, 0.15) is 11.3 Å². The molecule has 20 heavy (non-hydrogen) atoms. The van der Waals surface area contributed by atoms with Gasteiger partial charge in [-0.25, -0.2) is 13.4 Å². The third-order valence-corrected chi connectivity index (χ3v) is 6.22. The third-order valence-electron chi connectivity index (χ3n) is 2.45. The SMILES string of the molecule is CSc1sc(NS(=O)(=O)c2ccc(C#N)cc2)nc1C. The van der Waals surface area contributed by atoms with Gasteiger partial charge in [0.25, 0.3) is 10.0 Å². The first-order valence-electron chi connectivity index (χ1n) is 5.50. The highest BCUT2D eigenvalue weighted by Crippen LogP contribution is 2.31. The van der Waals surface area contributed by atoms with Crippen LogP contribution in [0.4, 0.5) is 5.13 Å². The number of nitriles is 1. The smallest absolute Gasteiger partial charge is 0.255 e. The van der Waals surface area contributed by atoms with Gasteiger partial charge in [0.05, 0.1) is 26.4 Å². The molecule has 0 spiro atoms. The number of hydrogen-bond donors (Lipinski definition) is 1. The Bertz CT molecular complexity index is 758. The monoisotopic (exact) mass is 325 g/mol. The zero-order valence-electron chi connectivity index (χ0n) is 10.7. The number of thiazole rings is 1. The van der Waals surface area contributed by atoms with E-state index in [0.717, 1.165) is 9.90 Å². The van der Waals surface area contributed by atoms with Gasteiger partial charge in [-0.1, -0.05) is 11.3 Å². The van der Waals surface area contributed by atoms with E-state index < -0.39 is 10.0 Å². The lowest BCUT2D eigenvalue weighted by atomic mass is 10.2. The predicted octanol–water partition coefficient (Wildman–Crippen LogP) is 2.85. The normalized spacial score (nSPS) is 11.1. The Morgan fingerprint density at radius 2 is 2.00 bits per heavy atom. The summed E-state index contributed by atoms with van der Waals surface area (Å²) in [5.74, 6) is 0. The summed E-state index contributed by atoms with van der Waals surface area (Å²) in [5.41, 5.74) is 1.22. The largest absolute Gasteiger partial charge is 0.263 e. The van der Waals surface area contributed by atoms with Crippen molar-refractivity contribution in [2.75, 3.05) is 11.0 Å². The van der Waals surface area contributed by atoms with Gasteiger partial charge < -0.3 is 0 Å². The fraction of sp³-hybridized carbons (Fsp3) is 0.167. The Morgan fingerprint density at radius 3 is 2.50 bits per heavy atom. The molecule has 104 valence electrons. The average molecular weight is 325 g/mol. The van der Waals surface area contributed by atoms with Gasteiger partial charge in [0.1, 0.15) is 0 Å². The molecule has 0 bridgehead atoms. The quantitative estimate of drug-likeness (QED) is 0.874. The number of sulfonamides is 1. The Kier molecular flexibility index (Phi) is 4.32. The van der Waals surface area contributed by atoms with Crippen molar-refractivity contribution in [3.63, 3.8) is 0 Å². The number of nitrogens with zero attached hydrogens (tertiary/aromatic N) is 2. The molecule has 0 saturated heterocycles. The summed E-state index contributed by atoms with van der Waals surface area (Å²) >= 11 is 2.83. The maximum atomic E-state index is 12.2. The molecule has 2 aromatic rings. The van der Waals surface area contributed by atoms with Crippen LogP contribution in [0.15, 0.2) is 33.4 Å². The number of aromatic nitrogens is 1. The van der Waals surface area contributed by atoms with Crippen LogP contribution in [-0.4, -0.2) is 19.7 Å². The van der Waals surface area contributed by atoms with Crippen LogP contribution in [0, 0.1) is 18.3 Å². The molecule has 0 saturated carbocycles. The summed E-state index contributed by atoms with van der Waals surface area (Å²) in [7, 11) is -3.67. The van der Waals surface area contributed by atoms with Gasteiger partial charge in [-0.3, -0.25) is 4.72 Å². The Hall–Kier alpha value is -1.56. The lowest BCUT2D eigenvalue weighted by molar-refractivity contribution is 0.601. The number of rotatable bonds is 4. The lowest BCUT2D eigenvalue weighted by Gasteiger charge is -2.04. The van der Waals surface area contributed by atoms with Crippen LogP contribution >= 0.6 is 23.1 Å². The minimum atomic E-state index is -3.67. The molecule has 0 aliphatic rings. The zero-order valence-corrected chi connectivity index (χ0v) is 13.2. The standard InChI is InChI=1S/C12H11N3O2S3/c1-8-11(18-2)19-12(14-8)15-20(16,17)10-5-3-9(7-13)4-6-10/h3-6H,1-2H3,(H,14,15). The molecule has 2 rings (SSSR count). The molecular formula is C12H11N3O2S3. The van der Waals surface area contributed by atoms with E-state index in [4.69, 9.17) is 5.26 Å². The summed E-state index contributed by atoms with van der Waals surface area (Å²) in [5, 5.41) is 9.04. The lowest BCUT2D eigenvalue weighted by Crippen LogP contribution is -2.12. The van der Waals surface area contributed by atoms with Gasteiger partial charge >= 0.3 is 0 Å². The molecule has 0 radical (unpaired) electrons. The van der Waals surface area contributed by atoms with E-state index in [0.29, 0.717) is 10.7 Å². The number of benzene rings is 1. The van der Waals surface area contributed by atoms with Gasteiger partial charge in [-0.15, -0.1) is 11.8 Å². The first-order chi connectivity index (χ1) is 9.46. The van der Waals surface area contributed by atoms with E-state index in [9.17, 15) is 8.42 Å². The maximum absolute atomic E-state index is 12.2. The minimum Gasteiger partial charge on any atom is -0.255 e. The van der Waals surface area contributed by atoms with E-state index >= 15 is 0 Å². The van der Waals surface area contributed by atoms with Crippen molar-refractivity contribution in [2.24, 2.45) is 0 Å². The molecule has 0 unspecified atom stereocenters. The highest BCUT2D eigenvalue weighted by Gasteiger charge is 2.17. The first-order valence-corrected chi connectivity index (χ1v) is 9.03. The first kappa shape index (κ1) is 14.8. The van der Waals surface area contributed by atoms with Crippen LogP contribution in [0.3, 0.4) is 0 Å². The molecule has 0 amide bonds. The second-order valence-electron chi connectivity index (χ2n) is 3.84. The van der Waals surface area contributed by atoms with Crippen molar-refractivity contribution < 1.29 is 8.42 Å². The molecule has 0 atom stereocenters. The highest BCUT2D eigenvalue weighted by atomic mass is 32.2. The molecule has 1 aromatic heterocycles. The van der Waals surface area contributed by atoms with Gasteiger partial charge in [-0.05, 0) is 37.4 Å². The van der Waals surface area contributed by atoms with Crippen molar-refractivity contribution in [1.29, 1.82) is 5.26 Å². The molecule has 8 heteroatoms. The molecule has 0 fully saturated rings. The van der Waals surface area contributed by atoms with Crippen LogP contribution < -0.4 is 4.72 Å². The van der Waals surface area contributed by atoms with Gasteiger partial charge in [0, 0.05) is 0 Å². The molecular weight excluding hydrogens is 314 g/mol. The van der Waals surface area contributed by atoms with Gasteiger partial charge in [-0.2, -0.15) is 5.26 Å². The summed E-state index contributed by atoms with van der Waals surface area (Å²) < 4.78 is 27.8. The molecule has 0 aliphatic heterocycles. The fourth-order valence-electron chi connectivity index (χ4n) is 1.50. The van der Waals surface area contributed by atoms with E-state index in [1.54, 1.807) is 0 Å². The van der Waals surface area contributed by atoms with Crippen LogP contribution in [0.5, 0.6) is 0 Å². The fourth-order valence-corrected chi connectivity index (χ4v) is 4.34. The predicted molar refractivity (Wildman–Crippen MR) is 80.6 cm³/mol. The topological polar surface area (TPSA) is 82.9 Å². The third kappa shape index (κ3) is 3.12. The number of anilines is 1. The Morgan fingerprint density at radius 1 is 1.35 bits per heavy atom. The van der Waals surface area contributed by atoms with E-state index in [1.165, 1.54) is 47.4 Å². The Labute approximate surface area is 125 Å². The second-order valence-corrected chi connectivity index (χ2v) is 7.59. The second kappa shape index (κ2) is 5.83. The molecule has 0 aliphatic carbocycles. The summed E-state index contributed by atoms with van der Waals surface area (Å²) in [4.78, 5) is 4.29. The Balaban J connectivity index is 2.28. The number of hydrogen-bond acceptors (Lipinski definition) is 6. The summed E-state index contributed by atoms with van der Waals surface area (Å²) in [6.45, 7) is 1.84. The molecule has 5 nitrogen and oxygen atoms in total. The minimum absolute atomic E-state index is 0.107. The summed E-state index contributed by atoms with van der Waals surface area (Å²) in [6.07, 6.45) is 1.92. The van der Waals surface area contributed by atoms with Crippen molar-refractivity contribution in [1.82, 2.24) is 4.98 Å². The maximum Gasteiger partial charge on any atom is 0.263 e. The average Bonchev–Trinajstić information content (AvgIpc) is 2.78. The van der Waals surface area contributed by atoms with Crippen molar-refractivity contribution in [2.45, 2.75) is 16.0 Å². The molecule has 1 N–H and O–H groups in total. The highest BCUT2D eigenvalue weighted by molar-refractivity contribution is 8.00. The van der Waals surface area contributed by atoms with E-state index in [2.05, 4.69) is 9.71 Å². The molecule has 1 aromatic carbocycles. The van der Waals surface area contributed by atoms with Crippen LogP contribution in [0.2, 0.25) is 0 Å². The van der Waals surface area contributed by atoms with Crippen LogP contribution in [-0.2, 0) is 10.0 Å². The number of thioether (sulfide) groups is 1. The van der Waals surface area contributed by atoms with E-state index in [-0.39, 0.29) is 4.90 Å². The van der Waals surface area contributed by atoms with Gasteiger partial charge in [0.15, 0.2) is 5.13 Å². The molecule has 1 heterocycles. The number of aryl methyl sites for hydroxylation is 1. The zero-order chi connectivity index (χ0) is 14.8. The summed E-state index contributed by atoms with van der Waals surface area (Å²) in [6, 6.07) is 7.68. The van der Waals surface area contributed by atoms with Crippen LogP contribution in [0.25, 0.3) is 0 Å². The van der Waals surface area contributed by atoms with E-state index in [1.807, 2.05) is 19.2 Å². The van der Waals surface area contributed by atoms with Gasteiger partial charge in [0.2, 0.25) is 0 Å². The van der Waals surface area contributed by atoms with Crippen molar-refractivity contribution in [3.05, 3.63) is 35.5 Å². The van der Waals surface area contributed by atoms with Crippen molar-refractivity contribution >= 4 is 38.3 Å². The van der Waals surface area contributed by atoms with Crippen molar-refractivity contribution in [3.8, 4) is 6.07 Å². The number of nitrogens with one attached hydrogen (secondary N) is 1.